The predicted octanol–water partition coefficient (Wildman–Crippen LogP) is 2.25. The van der Waals surface area contributed by atoms with Gasteiger partial charge in [-0.2, -0.15) is 0 Å². The number of hydrazine groups is 1. The van der Waals surface area contributed by atoms with Crippen molar-refractivity contribution in [1.82, 2.24) is 10.4 Å². The van der Waals surface area contributed by atoms with Gasteiger partial charge in [0.05, 0.1) is 0 Å². The Morgan fingerprint density at radius 3 is 2.68 bits per heavy atom. The summed E-state index contributed by atoms with van der Waals surface area (Å²) < 4.78 is 0. The second-order valence-electron chi connectivity index (χ2n) is 6.55. The van der Waals surface area contributed by atoms with Crippen LogP contribution in [0, 0.1) is 11.3 Å². The fourth-order valence-electron chi connectivity index (χ4n) is 3.03. The summed E-state index contributed by atoms with van der Waals surface area (Å²) in [4.78, 5) is 4.15. The minimum Gasteiger partial charge on any atom is -0.398 e. The quantitative estimate of drug-likeness (QED) is 0.574. The predicted molar refractivity (Wildman–Crippen MR) is 79.2 cm³/mol. The first-order valence-electron chi connectivity index (χ1n) is 7.16. The highest BCUT2D eigenvalue weighted by Gasteiger charge is 2.31. The van der Waals surface area contributed by atoms with Crippen LogP contribution in [0.2, 0.25) is 0 Å². The minimum atomic E-state index is 0.294. The third-order valence-electron chi connectivity index (χ3n) is 4.55. The third kappa shape index (κ3) is 3.67. The van der Waals surface area contributed by atoms with Gasteiger partial charge in [0.25, 0.3) is 0 Å². The van der Waals surface area contributed by atoms with E-state index in [1.54, 1.807) is 6.20 Å². The molecule has 0 radical (unpaired) electrons. The van der Waals surface area contributed by atoms with E-state index >= 15 is 0 Å². The number of nitrogens with zero attached hydrogens (tertiary/aromatic N) is 1. The first kappa shape index (κ1) is 14.3. The molecule has 0 aliphatic heterocycles. The second-order valence-corrected chi connectivity index (χ2v) is 6.55. The lowest BCUT2D eigenvalue weighted by atomic mass is 9.70. The van der Waals surface area contributed by atoms with E-state index < -0.39 is 0 Å². The molecular formula is C15H26N4. The fraction of sp³-hybridized carbons (Fsp3) is 0.667. The largest absolute Gasteiger partial charge is 0.398 e. The van der Waals surface area contributed by atoms with Crippen LogP contribution >= 0.6 is 0 Å². The smallest absolute Gasteiger partial charge is 0.0378 e. The average Bonchev–Trinajstić information content (AvgIpc) is 2.38. The molecule has 1 aromatic heterocycles. The molecule has 0 saturated heterocycles. The van der Waals surface area contributed by atoms with Crippen molar-refractivity contribution in [3.05, 3.63) is 24.0 Å². The first-order valence-corrected chi connectivity index (χ1v) is 7.16. The number of pyridine rings is 1. The molecule has 19 heavy (non-hydrogen) atoms. The maximum Gasteiger partial charge on any atom is 0.0378 e. The van der Waals surface area contributed by atoms with E-state index in [9.17, 15) is 0 Å². The zero-order valence-corrected chi connectivity index (χ0v) is 12.0. The van der Waals surface area contributed by atoms with Gasteiger partial charge in [0.1, 0.15) is 0 Å². The van der Waals surface area contributed by atoms with E-state index in [2.05, 4.69) is 24.3 Å². The number of rotatable bonds is 4. The van der Waals surface area contributed by atoms with Crippen LogP contribution in [-0.2, 0) is 6.42 Å². The number of nitrogens with one attached hydrogen (secondary N) is 1. The van der Waals surface area contributed by atoms with Crippen LogP contribution in [0.3, 0.4) is 0 Å². The Hall–Kier alpha value is -1.13. The zero-order chi connectivity index (χ0) is 13.9. The molecule has 4 heteroatoms. The highest BCUT2D eigenvalue weighted by Crippen LogP contribution is 2.39. The van der Waals surface area contributed by atoms with Gasteiger partial charge in [0, 0.05) is 24.1 Å². The molecule has 1 heterocycles. The summed E-state index contributed by atoms with van der Waals surface area (Å²) in [5, 5.41) is 0. The molecule has 0 spiro atoms. The molecule has 1 atom stereocenters. The SMILES string of the molecule is CC1(C)CCC(C(Cc2cnccc2N)NN)CC1. The lowest BCUT2D eigenvalue weighted by Crippen LogP contribution is -2.44. The van der Waals surface area contributed by atoms with Gasteiger partial charge in [-0.15, -0.1) is 0 Å². The monoisotopic (exact) mass is 262 g/mol. The minimum absolute atomic E-state index is 0.294. The van der Waals surface area contributed by atoms with E-state index in [0.29, 0.717) is 17.4 Å². The molecule has 5 N–H and O–H groups in total. The Bertz CT molecular complexity index is 406. The highest BCUT2D eigenvalue weighted by molar-refractivity contribution is 5.44. The van der Waals surface area contributed by atoms with Gasteiger partial charge in [0.15, 0.2) is 0 Å². The van der Waals surface area contributed by atoms with Crippen molar-refractivity contribution in [2.75, 3.05) is 5.73 Å². The van der Waals surface area contributed by atoms with E-state index in [-0.39, 0.29) is 0 Å². The molecule has 0 amide bonds. The molecule has 1 aromatic rings. The number of nitrogens with two attached hydrogens (primary N) is 2. The third-order valence-corrected chi connectivity index (χ3v) is 4.55. The Morgan fingerprint density at radius 2 is 2.11 bits per heavy atom. The normalized spacial score (nSPS) is 21.2. The Balaban J connectivity index is 1.99. The molecule has 0 aromatic carbocycles. The van der Waals surface area contributed by atoms with Crippen molar-refractivity contribution in [3.63, 3.8) is 0 Å². The van der Waals surface area contributed by atoms with E-state index in [4.69, 9.17) is 11.6 Å². The topological polar surface area (TPSA) is 77.0 Å². The lowest BCUT2D eigenvalue weighted by Gasteiger charge is -2.38. The van der Waals surface area contributed by atoms with Gasteiger partial charge in [0.2, 0.25) is 0 Å². The van der Waals surface area contributed by atoms with E-state index in [1.165, 1.54) is 25.7 Å². The fourth-order valence-corrected chi connectivity index (χ4v) is 3.03. The molecule has 106 valence electrons. The summed E-state index contributed by atoms with van der Waals surface area (Å²) in [6.07, 6.45) is 9.47. The van der Waals surface area contributed by atoms with Crippen LogP contribution in [0.15, 0.2) is 18.5 Å². The number of hydrogen-bond donors (Lipinski definition) is 3. The Kier molecular flexibility index (Phi) is 4.42. The van der Waals surface area contributed by atoms with Crippen molar-refractivity contribution in [2.45, 2.75) is 52.0 Å². The van der Waals surface area contributed by atoms with Crippen molar-refractivity contribution in [1.29, 1.82) is 0 Å². The van der Waals surface area contributed by atoms with Gasteiger partial charge in [-0.1, -0.05) is 13.8 Å². The summed E-state index contributed by atoms with van der Waals surface area (Å²) >= 11 is 0. The van der Waals surface area contributed by atoms with Crippen molar-refractivity contribution in [3.8, 4) is 0 Å². The highest BCUT2D eigenvalue weighted by atomic mass is 15.2. The van der Waals surface area contributed by atoms with Crippen LogP contribution in [0.1, 0.15) is 45.1 Å². The number of aromatic nitrogens is 1. The zero-order valence-electron chi connectivity index (χ0n) is 12.0. The van der Waals surface area contributed by atoms with Crippen LogP contribution in [-0.4, -0.2) is 11.0 Å². The molecule has 0 bridgehead atoms. The lowest BCUT2D eigenvalue weighted by molar-refractivity contribution is 0.161. The summed E-state index contributed by atoms with van der Waals surface area (Å²) in [7, 11) is 0. The van der Waals surface area contributed by atoms with Crippen LogP contribution in [0.5, 0.6) is 0 Å². The summed E-state index contributed by atoms with van der Waals surface area (Å²) in [6.45, 7) is 4.71. The van der Waals surface area contributed by atoms with E-state index in [1.807, 2.05) is 12.3 Å². The van der Waals surface area contributed by atoms with E-state index in [0.717, 1.165) is 17.7 Å². The second kappa shape index (κ2) is 5.88. The average molecular weight is 262 g/mol. The van der Waals surface area contributed by atoms with Gasteiger partial charge < -0.3 is 5.73 Å². The van der Waals surface area contributed by atoms with Crippen LogP contribution in [0.25, 0.3) is 0 Å². The van der Waals surface area contributed by atoms with Gasteiger partial charge in [-0.3, -0.25) is 16.3 Å². The Morgan fingerprint density at radius 1 is 1.42 bits per heavy atom. The number of hydrogen-bond acceptors (Lipinski definition) is 4. The molecule has 1 saturated carbocycles. The molecule has 2 rings (SSSR count). The van der Waals surface area contributed by atoms with Crippen molar-refractivity contribution >= 4 is 5.69 Å². The van der Waals surface area contributed by atoms with Gasteiger partial charge in [-0.25, -0.2) is 0 Å². The standard InChI is InChI=1S/C15H26N4/c1-15(2)6-3-11(4-7-15)14(19-17)9-12-10-18-8-5-13(12)16/h5,8,10-11,14,19H,3-4,6-7,9,17H2,1-2H3,(H2,16,18). The molecule has 1 fully saturated rings. The van der Waals surface area contributed by atoms with Crippen LogP contribution < -0.4 is 17.0 Å². The van der Waals surface area contributed by atoms with Crippen molar-refractivity contribution in [2.24, 2.45) is 17.2 Å². The summed E-state index contributed by atoms with van der Waals surface area (Å²) in [5.74, 6) is 6.39. The Labute approximate surface area is 115 Å². The maximum absolute atomic E-state index is 5.99. The van der Waals surface area contributed by atoms with Gasteiger partial charge in [-0.05, 0) is 55.1 Å². The maximum atomic E-state index is 5.99. The van der Waals surface area contributed by atoms with Gasteiger partial charge >= 0.3 is 0 Å². The first-order chi connectivity index (χ1) is 9.02. The molecular weight excluding hydrogens is 236 g/mol. The molecule has 1 aliphatic rings. The molecule has 4 nitrogen and oxygen atoms in total. The molecule has 1 unspecified atom stereocenters. The summed E-state index contributed by atoms with van der Waals surface area (Å²) in [5.41, 5.74) is 11.4. The number of nitrogen functional groups attached to an aromatic ring is 1. The molecule has 1 aliphatic carbocycles. The summed E-state index contributed by atoms with van der Waals surface area (Å²) in [6, 6.07) is 2.15. The number of anilines is 1. The van der Waals surface area contributed by atoms with Crippen LogP contribution in [0.4, 0.5) is 5.69 Å². The van der Waals surface area contributed by atoms with Crippen molar-refractivity contribution < 1.29 is 0 Å².